The molecule has 1 aromatic carbocycles. The number of hydrogen-bond acceptors (Lipinski definition) is 1. The molecule has 0 N–H and O–H groups in total. The molecular formula is C12H10NO. The quantitative estimate of drug-likeness (QED) is 0.653. The van der Waals surface area contributed by atoms with Gasteiger partial charge in [-0.2, -0.15) is 0 Å². The smallest absolute Gasteiger partial charge is 0.258 e. The van der Waals surface area contributed by atoms with E-state index in [-0.39, 0.29) is 5.91 Å². The Labute approximate surface area is 83.2 Å². The van der Waals surface area contributed by atoms with Crippen LogP contribution in [-0.4, -0.2) is 17.4 Å². The SMILES string of the molecule is O=C(c1ccccc1)N1C=[C]C=CC1. The molecule has 1 heterocycles. The Morgan fingerprint density at radius 3 is 2.71 bits per heavy atom. The van der Waals surface area contributed by atoms with Gasteiger partial charge in [-0.05, 0) is 18.2 Å². The number of carbonyl (C=O) groups is 1. The molecule has 0 saturated heterocycles. The van der Waals surface area contributed by atoms with Gasteiger partial charge in [0.25, 0.3) is 5.91 Å². The molecule has 0 bridgehead atoms. The molecule has 0 aliphatic carbocycles. The molecule has 0 fully saturated rings. The van der Waals surface area contributed by atoms with E-state index in [1.807, 2.05) is 42.5 Å². The highest BCUT2D eigenvalue weighted by atomic mass is 16.2. The zero-order valence-corrected chi connectivity index (χ0v) is 7.68. The third-order valence-electron chi connectivity index (χ3n) is 2.03. The van der Waals surface area contributed by atoms with E-state index in [0.717, 1.165) is 0 Å². The van der Waals surface area contributed by atoms with Gasteiger partial charge in [-0.3, -0.25) is 4.79 Å². The zero-order valence-electron chi connectivity index (χ0n) is 7.68. The predicted octanol–water partition coefficient (Wildman–Crippen LogP) is 2.02. The topological polar surface area (TPSA) is 20.3 Å². The number of rotatable bonds is 1. The second kappa shape index (κ2) is 3.92. The maximum absolute atomic E-state index is 11.8. The molecular weight excluding hydrogens is 174 g/mol. The summed E-state index contributed by atoms with van der Waals surface area (Å²) in [5.41, 5.74) is 0.709. The van der Waals surface area contributed by atoms with E-state index in [4.69, 9.17) is 0 Å². The van der Waals surface area contributed by atoms with Gasteiger partial charge in [0.2, 0.25) is 0 Å². The highest BCUT2D eigenvalue weighted by Crippen LogP contribution is 2.07. The fourth-order valence-electron chi connectivity index (χ4n) is 1.31. The van der Waals surface area contributed by atoms with Crippen molar-refractivity contribution in [2.75, 3.05) is 6.54 Å². The summed E-state index contributed by atoms with van der Waals surface area (Å²) in [5, 5.41) is 0. The Bertz CT molecular complexity index is 379. The van der Waals surface area contributed by atoms with Crippen molar-refractivity contribution in [3.8, 4) is 0 Å². The first kappa shape index (κ1) is 8.75. The molecule has 2 nitrogen and oxygen atoms in total. The molecule has 2 heteroatoms. The second-order valence-electron chi connectivity index (χ2n) is 3.02. The number of carbonyl (C=O) groups excluding carboxylic acids is 1. The van der Waals surface area contributed by atoms with Gasteiger partial charge in [0.15, 0.2) is 0 Å². The molecule has 14 heavy (non-hydrogen) atoms. The lowest BCUT2D eigenvalue weighted by Crippen LogP contribution is -2.26. The summed E-state index contributed by atoms with van der Waals surface area (Å²) in [4.78, 5) is 13.5. The summed E-state index contributed by atoms with van der Waals surface area (Å²) in [6.07, 6.45) is 8.28. The van der Waals surface area contributed by atoms with Gasteiger partial charge in [-0.25, -0.2) is 0 Å². The van der Waals surface area contributed by atoms with Gasteiger partial charge in [0, 0.05) is 18.3 Å². The molecule has 1 amide bonds. The molecule has 0 aromatic heterocycles. The van der Waals surface area contributed by atoms with Crippen molar-refractivity contribution in [1.82, 2.24) is 4.90 Å². The van der Waals surface area contributed by atoms with Crippen LogP contribution in [0.4, 0.5) is 0 Å². The molecule has 1 radical (unpaired) electrons. The first-order chi connectivity index (χ1) is 6.88. The number of allylic oxidation sites excluding steroid dienone is 2. The van der Waals surface area contributed by atoms with E-state index >= 15 is 0 Å². The Balaban J connectivity index is 2.17. The third kappa shape index (κ3) is 1.74. The van der Waals surface area contributed by atoms with E-state index in [9.17, 15) is 4.79 Å². The largest absolute Gasteiger partial charge is 0.311 e. The maximum atomic E-state index is 11.8. The van der Waals surface area contributed by atoms with Crippen molar-refractivity contribution in [2.24, 2.45) is 0 Å². The van der Waals surface area contributed by atoms with Crippen LogP contribution in [0.3, 0.4) is 0 Å². The Kier molecular flexibility index (Phi) is 2.45. The van der Waals surface area contributed by atoms with Gasteiger partial charge in [-0.15, -0.1) is 0 Å². The van der Waals surface area contributed by atoms with E-state index in [1.165, 1.54) is 0 Å². The van der Waals surface area contributed by atoms with Crippen LogP contribution >= 0.6 is 0 Å². The molecule has 0 spiro atoms. The average molecular weight is 184 g/mol. The molecule has 1 aliphatic rings. The summed E-state index contributed by atoms with van der Waals surface area (Å²) in [6, 6.07) is 9.25. The summed E-state index contributed by atoms with van der Waals surface area (Å²) in [7, 11) is 0. The number of hydrogen-bond donors (Lipinski definition) is 0. The second-order valence-corrected chi connectivity index (χ2v) is 3.02. The van der Waals surface area contributed by atoms with Crippen LogP contribution in [0.1, 0.15) is 10.4 Å². The van der Waals surface area contributed by atoms with Crippen molar-refractivity contribution >= 4 is 5.91 Å². The molecule has 0 unspecified atom stereocenters. The van der Waals surface area contributed by atoms with E-state index < -0.39 is 0 Å². The molecule has 1 aliphatic heterocycles. The predicted molar refractivity (Wildman–Crippen MR) is 54.4 cm³/mol. The number of nitrogens with zero attached hydrogens (tertiary/aromatic N) is 1. The van der Waals surface area contributed by atoms with E-state index in [1.54, 1.807) is 11.1 Å². The monoisotopic (exact) mass is 184 g/mol. The first-order valence-electron chi connectivity index (χ1n) is 4.48. The summed E-state index contributed by atoms with van der Waals surface area (Å²) < 4.78 is 0. The van der Waals surface area contributed by atoms with E-state index in [0.29, 0.717) is 12.1 Å². The van der Waals surface area contributed by atoms with Gasteiger partial charge >= 0.3 is 0 Å². The van der Waals surface area contributed by atoms with Crippen LogP contribution in [-0.2, 0) is 0 Å². The Morgan fingerprint density at radius 1 is 1.29 bits per heavy atom. The minimum absolute atomic E-state index is 0.0162. The minimum atomic E-state index is 0.0162. The maximum Gasteiger partial charge on any atom is 0.258 e. The molecule has 0 saturated carbocycles. The van der Waals surface area contributed by atoms with Crippen molar-refractivity contribution < 1.29 is 4.79 Å². The Hall–Kier alpha value is -1.83. The van der Waals surface area contributed by atoms with E-state index in [2.05, 4.69) is 6.08 Å². The summed E-state index contributed by atoms with van der Waals surface area (Å²) in [5.74, 6) is 0.0162. The summed E-state index contributed by atoms with van der Waals surface area (Å²) in [6.45, 7) is 0.626. The number of benzene rings is 1. The normalized spacial score (nSPS) is 14.4. The summed E-state index contributed by atoms with van der Waals surface area (Å²) >= 11 is 0. The molecule has 1 aromatic rings. The zero-order chi connectivity index (χ0) is 9.80. The van der Waals surface area contributed by atoms with Crippen LogP contribution < -0.4 is 0 Å². The van der Waals surface area contributed by atoms with Crippen LogP contribution in [0, 0.1) is 6.08 Å². The lowest BCUT2D eigenvalue weighted by atomic mass is 10.2. The minimum Gasteiger partial charge on any atom is -0.311 e. The molecule has 69 valence electrons. The van der Waals surface area contributed by atoms with Crippen LogP contribution in [0.15, 0.2) is 48.7 Å². The van der Waals surface area contributed by atoms with Crippen molar-refractivity contribution in [3.63, 3.8) is 0 Å². The van der Waals surface area contributed by atoms with Crippen molar-refractivity contribution in [2.45, 2.75) is 0 Å². The first-order valence-corrected chi connectivity index (χ1v) is 4.48. The van der Waals surface area contributed by atoms with Crippen LogP contribution in [0.25, 0.3) is 0 Å². The molecule has 0 atom stereocenters. The van der Waals surface area contributed by atoms with Crippen molar-refractivity contribution in [3.05, 3.63) is 60.3 Å². The average Bonchev–Trinajstić information content (AvgIpc) is 2.30. The van der Waals surface area contributed by atoms with Gasteiger partial charge in [-0.1, -0.05) is 30.4 Å². The lowest BCUT2D eigenvalue weighted by Gasteiger charge is -2.17. The highest BCUT2D eigenvalue weighted by Gasteiger charge is 2.12. The van der Waals surface area contributed by atoms with Crippen LogP contribution in [0.2, 0.25) is 0 Å². The third-order valence-corrected chi connectivity index (χ3v) is 2.03. The number of amides is 1. The highest BCUT2D eigenvalue weighted by molar-refractivity contribution is 5.95. The van der Waals surface area contributed by atoms with Crippen LogP contribution in [0.5, 0.6) is 0 Å². The fourth-order valence-corrected chi connectivity index (χ4v) is 1.31. The Morgan fingerprint density at radius 2 is 2.07 bits per heavy atom. The van der Waals surface area contributed by atoms with Gasteiger partial charge < -0.3 is 4.90 Å². The van der Waals surface area contributed by atoms with Crippen molar-refractivity contribution in [1.29, 1.82) is 0 Å². The molecule has 2 rings (SSSR count). The fraction of sp³-hybridized carbons (Fsp3) is 0.0833. The van der Waals surface area contributed by atoms with Gasteiger partial charge in [0.1, 0.15) is 0 Å². The standard InChI is InChI=1S/C12H10NO/c14-12(11-7-3-1-4-8-11)13-9-5-2-6-10-13/h1-5,7-8,10H,9H2. The lowest BCUT2D eigenvalue weighted by molar-refractivity contribution is 0.0833. The van der Waals surface area contributed by atoms with Gasteiger partial charge in [0.05, 0.1) is 0 Å².